The molecule has 4 aliphatic carbocycles. The number of hydrogen-bond donors (Lipinski definition) is 0. The van der Waals surface area contributed by atoms with Gasteiger partial charge in [0, 0.05) is 11.3 Å². The minimum Gasteiger partial charge on any atom is -0.361 e. The maximum atomic E-state index is 12.6. The lowest BCUT2D eigenvalue weighted by atomic mass is 9.45. The zero-order valence-electron chi connectivity index (χ0n) is 13.4. The van der Waals surface area contributed by atoms with Crippen molar-refractivity contribution in [2.24, 2.45) is 34.5 Å². The maximum Gasteiger partial charge on any atom is 0.170 e. The third-order valence-corrected chi connectivity index (χ3v) is 8.54. The van der Waals surface area contributed by atoms with Crippen LogP contribution in [0.15, 0.2) is 0 Å². The first-order valence-corrected chi connectivity index (χ1v) is 9.25. The molecule has 21 heavy (non-hydrogen) atoms. The zero-order valence-corrected chi connectivity index (χ0v) is 13.4. The highest BCUT2D eigenvalue weighted by atomic mass is 16.6. The zero-order chi connectivity index (χ0) is 14.4. The van der Waals surface area contributed by atoms with E-state index in [1.165, 1.54) is 44.9 Å². The molecule has 0 aromatic carbocycles. The highest BCUT2D eigenvalue weighted by molar-refractivity contribution is 5.94. The van der Waals surface area contributed by atoms with Crippen LogP contribution in [0.5, 0.6) is 0 Å². The van der Waals surface area contributed by atoms with E-state index in [-0.39, 0.29) is 11.5 Å². The van der Waals surface area contributed by atoms with E-state index in [2.05, 4.69) is 13.8 Å². The van der Waals surface area contributed by atoms with Gasteiger partial charge in [-0.1, -0.05) is 26.7 Å². The average Bonchev–Trinajstić information content (AvgIpc) is 3.21. The van der Waals surface area contributed by atoms with Gasteiger partial charge in [0.1, 0.15) is 6.10 Å². The summed E-state index contributed by atoms with van der Waals surface area (Å²) in [5.74, 6) is 3.60. The van der Waals surface area contributed by atoms with Gasteiger partial charge in [-0.05, 0) is 61.7 Å². The van der Waals surface area contributed by atoms with Crippen LogP contribution in [0.25, 0.3) is 0 Å². The Bertz CT molecular complexity index is 500. The molecule has 0 radical (unpaired) electrons. The summed E-state index contributed by atoms with van der Waals surface area (Å²) in [5.41, 5.74) is 0.533. The molecule has 0 N–H and O–H groups in total. The molecule has 1 aliphatic heterocycles. The maximum absolute atomic E-state index is 12.6. The van der Waals surface area contributed by atoms with E-state index in [4.69, 9.17) is 4.74 Å². The summed E-state index contributed by atoms with van der Waals surface area (Å²) in [7, 11) is 0. The Balaban J connectivity index is 1.52. The average molecular weight is 288 g/mol. The highest BCUT2D eigenvalue weighted by Gasteiger charge is 2.72. The van der Waals surface area contributed by atoms with Gasteiger partial charge in [0.25, 0.3) is 0 Å². The minimum absolute atomic E-state index is 0.00404. The predicted octanol–water partition coefficient (Wildman–Crippen LogP) is 3.98. The number of ether oxygens (including phenoxy) is 1. The summed E-state index contributed by atoms with van der Waals surface area (Å²) in [5, 5.41) is 0. The number of carbonyl (C=O) groups excluding carboxylic acids is 1. The van der Waals surface area contributed by atoms with Gasteiger partial charge in [-0.25, -0.2) is 0 Å². The Hall–Kier alpha value is -0.370. The largest absolute Gasteiger partial charge is 0.361 e. The van der Waals surface area contributed by atoms with Gasteiger partial charge < -0.3 is 4.74 Å². The smallest absolute Gasteiger partial charge is 0.170 e. The van der Waals surface area contributed by atoms with E-state index in [1.807, 2.05) is 0 Å². The van der Waals surface area contributed by atoms with Crippen LogP contribution in [-0.2, 0) is 9.53 Å². The van der Waals surface area contributed by atoms with Crippen LogP contribution in [0.4, 0.5) is 0 Å². The van der Waals surface area contributed by atoms with E-state index >= 15 is 0 Å². The fourth-order valence-electron chi connectivity index (χ4n) is 7.37. The van der Waals surface area contributed by atoms with Gasteiger partial charge in [0.15, 0.2) is 5.78 Å². The number of fused-ring (bicyclic) bond motifs is 7. The van der Waals surface area contributed by atoms with E-state index < -0.39 is 0 Å². The van der Waals surface area contributed by atoms with Crippen LogP contribution in [-0.4, -0.2) is 18.0 Å². The van der Waals surface area contributed by atoms with Gasteiger partial charge >= 0.3 is 0 Å². The third kappa shape index (κ3) is 1.46. The van der Waals surface area contributed by atoms with Crippen molar-refractivity contribution in [3.63, 3.8) is 0 Å². The monoisotopic (exact) mass is 288 g/mol. The van der Waals surface area contributed by atoms with Crippen molar-refractivity contribution in [1.82, 2.24) is 0 Å². The first-order valence-electron chi connectivity index (χ1n) is 9.25. The van der Waals surface area contributed by atoms with Gasteiger partial charge in [0.2, 0.25) is 0 Å². The van der Waals surface area contributed by atoms with Crippen LogP contribution < -0.4 is 0 Å². The summed E-state index contributed by atoms with van der Waals surface area (Å²) in [6, 6.07) is 0. The molecule has 8 atom stereocenters. The summed E-state index contributed by atoms with van der Waals surface area (Å²) in [6.45, 7) is 4.86. The molecule has 0 aromatic rings. The molecule has 2 heteroatoms. The van der Waals surface area contributed by atoms with Gasteiger partial charge in [-0.3, -0.25) is 4.79 Å². The SMILES string of the molecule is C[C@]12CCCC[C@@H]1CC[C@@H]1[C@@H]3[C@H]4O[C@H]4C(=O)[C@@]3(C)CC[C@H]12. The Morgan fingerprint density at radius 1 is 1.05 bits per heavy atom. The Kier molecular flexibility index (Phi) is 2.45. The van der Waals surface area contributed by atoms with Crippen molar-refractivity contribution in [2.45, 2.75) is 77.4 Å². The van der Waals surface area contributed by atoms with Crippen molar-refractivity contribution in [3.05, 3.63) is 0 Å². The van der Waals surface area contributed by atoms with E-state index in [9.17, 15) is 4.79 Å². The standard InChI is InChI=1S/C19H28O2/c1-18-9-4-3-5-11(18)6-7-12-13(18)8-10-19(2)14(12)15-16(21-15)17(19)20/h11-16H,3-10H2,1-2H3/t11-,12+,13-,14-,15-,16-,18+,19+/m1/s1. The molecule has 5 aliphatic rings. The van der Waals surface area contributed by atoms with E-state index in [0.29, 0.717) is 23.2 Å². The molecule has 5 fully saturated rings. The Labute approximate surface area is 128 Å². The molecule has 1 heterocycles. The second-order valence-electron chi connectivity index (χ2n) is 9.16. The van der Waals surface area contributed by atoms with Gasteiger partial charge in [-0.15, -0.1) is 0 Å². The first-order chi connectivity index (χ1) is 10.1. The third-order valence-electron chi connectivity index (χ3n) is 8.54. The number of ketones is 1. The molecular formula is C19H28O2. The number of carbonyl (C=O) groups is 1. The summed E-state index contributed by atoms with van der Waals surface area (Å²) < 4.78 is 5.77. The molecule has 0 amide bonds. The van der Waals surface area contributed by atoms with E-state index in [0.717, 1.165) is 24.2 Å². The van der Waals surface area contributed by atoms with Crippen molar-refractivity contribution in [1.29, 1.82) is 0 Å². The van der Waals surface area contributed by atoms with Crippen LogP contribution in [0.2, 0.25) is 0 Å². The number of hydrogen-bond acceptors (Lipinski definition) is 2. The summed E-state index contributed by atoms with van der Waals surface area (Å²) in [4.78, 5) is 12.6. The first kappa shape index (κ1) is 13.1. The molecular weight excluding hydrogens is 260 g/mol. The van der Waals surface area contributed by atoms with Crippen LogP contribution >= 0.6 is 0 Å². The second kappa shape index (κ2) is 3.93. The molecule has 4 saturated carbocycles. The number of Topliss-reactive ketones (excluding diaryl/α,β-unsaturated/α-hetero) is 1. The fraction of sp³-hybridized carbons (Fsp3) is 0.947. The fourth-order valence-corrected chi connectivity index (χ4v) is 7.37. The topological polar surface area (TPSA) is 29.6 Å². The summed E-state index contributed by atoms with van der Waals surface area (Å²) >= 11 is 0. The van der Waals surface area contributed by atoms with Crippen molar-refractivity contribution in [2.75, 3.05) is 0 Å². The van der Waals surface area contributed by atoms with Crippen molar-refractivity contribution < 1.29 is 9.53 Å². The van der Waals surface area contributed by atoms with Crippen molar-refractivity contribution >= 4 is 5.78 Å². The second-order valence-corrected chi connectivity index (χ2v) is 9.16. The minimum atomic E-state index is -0.0351. The Morgan fingerprint density at radius 2 is 1.90 bits per heavy atom. The molecule has 0 aromatic heterocycles. The molecule has 0 bridgehead atoms. The summed E-state index contributed by atoms with van der Waals surface area (Å²) in [6.07, 6.45) is 11.3. The van der Waals surface area contributed by atoms with Crippen LogP contribution in [0.3, 0.4) is 0 Å². The molecule has 1 saturated heterocycles. The van der Waals surface area contributed by atoms with Gasteiger partial charge in [0.05, 0.1) is 6.10 Å². The quantitative estimate of drug-likeness (QED) is 0.631. The van der Waals surface area contributed by atoms with Crippen molar-refractivity contribution in [3.8, 4) is 0 Å². The van der Waals surface area contributed by atoms with Gasteiger partial charge in [-0.2, -0.15) is 0 Å². The van der Waals surface area contributed by atoms with Crippen LogP contribution in [0, 0.1) is 34.5 Å². The normalized spacial score (nSPS) is 61.5. The molecule has 0 spiro atoms. The predicted molar refractivity (Wildman–Crippen MR) is 80.8 cm³/mol. The molecule has 5 rings (SSSR count). The lowest BCUT2D eigenvalue weighted by Gasteiger charge is -2.59. The lowest BCUT2D eigenvalue weighted by molar-refractivity contribution is -0.149. The molecule has 116 valence electrons. The molecule has 2 nitrogen and oxygen atoms in total. The number of epoxide rings is 1. The Morgan fingerprint density at radius 3 is 2.76 bits per heavy atom. The highest BCUT2D eigenvalue weighted by Crippen LogP contribution is 2.68. The number of rotatable bonds is 0. The molecule has 0 unspecified atom stereocenters. The van der Waals surface area contributed by atoms with E-state index in [1.54, 1.807) is 0 Å². The van der Waals surface area contributed by atoms with Crippen LogP contribution in [0.1, 0.15) is 65.2 Å². The lowest BCUT2D eigenvalue weighted by Crippen LogP contribution is -2.54.